The number of benzene rings is 3. The van der Waals surface area contributed by atoms with Crippen molar-refractivity contribution in [3.05, 3.63) is 107 Å². The number of rotatable bonds is 4. The van der Waals surface area contributed by atoms with Gasteiger partial charge in [-0.3, -0.25) is 9.78 Å². The van der Waals surface area contributed by atoms with Gasteiger partial charge >= 0.3 is 5.97 Å². The fourth-order valence-corrected chi connectivity index (χ4v) is 5.73. The molecule has 2 aliphatic rings. The molecule has 0 saturated carbocycles. The first-order valence-electron chi connectivity index (χ1n) is 12.7. The summed E-state index contributed by atoms with van der Waals surface area (Å²) in [5.41, 5.74) is 4.85. The van der Waals surface area contributed by atoms with E-state index in [1.54, 1.807) is 24.4 Å². The summed E-state index contributed by atoms with van der Waals surface area (Å²) in [5.74, 6) is 0.0168. The Hall–Kier alpha value is -4.45. The number of carbonyl (C=O) groups is 2. The minimum absolute atomic E-state index is 0.133. The van der Waals surface area contributed by atoms with Crippen LogP contribution in [0, 0.1) is 5.41 Å². The van der Waals surface area contributed by atoms with Crippen molar-refractivity contribution < 1.29 is 19.1 Å². The summed E-state index contributed by atoms with van der Waals surface area (Å²) in [6.07, 6.45) is 4.32. The lowest BCUT2D eigenvalue weighted by atomic mass is 9.68. The van der Waals surface area contributed by atoms with Crippen molar-refractivity contribution in [2.24, 2.45) is 5.41 Å². The van der Waals surface area contributed by atoms with Crippen LogP contribution in [0.3, 0.4) is 0 Å². The number of ketones is 1. The number of ether oxygens (including phenoxy) is 2. The summed E-state index contributed by atoms with van der Waals surface area (Å²) in [7, 11) is 1.54. The maximum absolute atomic E-state index is 13.7. The van der Waals surface area contributed by atoms with E-state index in [1.165, 1.54) is 13.3 Å². The second-order valence-electron chi connectivity index (χ2n) is 10.7. The predicted molar refractivity (Wildman–Crippen MR) is 147 cm³/mol. The van der Waals surface area contributed by atoms with Crippen molar-refractivity contribution in [1.29, 1.82) is 0 Å². The number of Topliss-reactive ketones (excluding diaryl/α,β-unsaturated/α-hetero) is 1. The van der Waals surface area contributed by atoms with Gasteiger partial charge in [-0.25, -0.2) is 4.79 Å². The van der Waals surface area contributed by atoms with Crippen LogP contribution in [0.2, 0.25) is 0 Å². The van der Waals surface area contributed by atoms with Gasteiger partial charge in [-0.2, -0.15) is 0 Å². The Balaban J connectivity index is 1.53. The van der Waals surface area contributed by atoms with Crippen LogP contribution in [-0.2, 0) is 4.79 Å². The van der Waals surface area contributed by atoms with E-state index in [9.17, 15) is 9.59 Å². The molecule has 6 nitrogen and oxygen atoms in total. The van der Waals surface area contributed by atoms with Crippen LogP contribution in [0.5, 0.6) is 11.5 Å². The zero-order valence-corrected chi connectivity index (χ0v) is 21.6. The first-order valence-corrected chi connectivity index (χ1v) is 12.7. The maximum atomic E-state index is 13.7. The number of allylic oxidation sites excluding steroid dienone is 2. The lowest BCUT2D eigenvalue weighted by molar-refractivity contribution is -0.118. The van der Waals surface area contributed by atoms with Crippen LogP contribution in [0.1, 0.15) is 54.1 Å². The highest BCUT2D eigenvalue weighted by Gasteiger charge is 2.41. The topological polar surface area (TPSA) is 77.5 Å². The number of nitrogens with one attached hydrogen (secondary N) is 1. The second-order valence-corrected chi connectivity index (χ2v) is 10.7. The average molecular weight is 505 g/mol. The average Bonchev–Trinajstić information content (AvgIpc) is 2.91. The van der Waals surface area contributed by atoms with Gasteiger partial charge in [0.15, 0.2) is 17.3 Å². The van der Waals surface area contributed by atoms with E-state index in [0.717, 1.165) is 45.3 Å². The minimum atomic E-state index is -0.528. The van der Waals surface area contributed by atoms with E-state index < -0.39 is 5.97 Å². The molecule has 1 aliphatic heterocycles. The molecule has 6 rings (SSSR count). The van der Waals surface area contributed by atoms with Crippen LogP contribution in [-0.4, -0.2) is 23.8 Å². The molecule has 1 atom stereocenters. The molecule has 190 valence electrons. The van der Waals surface area contributed by atoms with E-state index >= 15 is 0 Å². The number of anilines is 1. The van der Waals surface area contributed by atoms with Crippen molar-refractivity contribution in [3.8, 4) is 11.5 Å². The first-order chi connectivity index (χ1) is 18.3. The smallest absolute Gasteiger partial charge is 0.345 e. The summed E-state index contributed by atoms with van der Waals surface area (Å²) in [6.45, 7) is 4.26. The van der Waals surface area contributed by atoms with Gasteiger partial charge in [-0.15, -0.1) is 0 Å². The molecule has 1 aliphatic carbocycles. The summed E-state index contributed by atoms with van der Waals surface area (Å²) in [6, 6.07) is 21.3. The van der Waals surface area contributed by atoms with Gasteiger partial charge in [-0.05, 0) is 64.1 Å². The van der Waals surface area contributed by atoms with Crippen LogP contribution in [0.4, 0.5) is 5.69 Å². The monoisotopic (exact) mass is 504 g/mol. The highest BCUT2D eigenvalue weighted by molar-refractivity contribution is 6.04. The molecule has 0 spiro atoms. The Morgan fingerprint density at radius 2 is 1.84 bits per heavy atom. The predicted octanol–water partition coefficient (Wildman–Crippen LogP) is 6.66. The fourth-order valence-electron chi connectivity index (χ4n) is 5.73. The van der Waals surface area contributed by atoms with Crippen molar-refractivity contribution in [2.45, 2.75) is 32.6 Å². The van der Waals surface area contributed by atoms with E-state index in [4.69, 9.17) is 9.47 Å². The van der Waals surface area contributed by atoms with E-state index in [0.29, 0.717) is 23.5 Å². The van der Waals surface area contributed by atoms with Crippen LogP contribution < -0.4 is 14.8 Å². The Kier molecular flexibility index (Phi) is 5.75. The quantitative estimate of drug-likeness (QED) is 0.247. The standard InChI is InChI=1S/C32H28N2O4/c1-32(2)16-24-30(25(35)17-32)28(29-22-9-5-4-7-19(22)10-12-23(29)34-24)20-11-13-26(37-3)27(15-20)38-31(36)21-8-6-14-33-18-21/h4-15,18,28,34H,16-17H2,1-3H3. The third-order valence-corrected chi connectivity index (χ3v) is 7.37. The molecule has 1 unspecified atom stereocenters. The third-order valence-electron chi connectivity index (χ3n) is 7.37. The Morgan fingerprint density at radius 3 is 2.63 bits per heavy atom. The third kappa shape index (κ3) is 4.12. The molecule has 6 heteroatoms. The molecule has 0 radical (unpaired) electrons. The Morgan fingerprint density at radius 1 is 1.00 bits per heavy atom. The van der Waals surface area contributed by atoms with Gasteiger partial charge in [0.25, 0.3) is 0 Å². The number of nitrogens with zero attached hydrogens (tertiary/aromatic N) is 1. The minimum Gasteiger partial charge on any atom is -0.493 e. The first kappa shape index (κ1) is 23.9. The number of esters is 1. The van der Waals surface area contributed by atoms with Gasteiger partial charge in [0, 0.05) is 41.7 Å². The molecule has 2 heterocycles. The normalized spacial score (nSPS) is 17.9. The van der Waals surface area contributed by atoms with Gasteiger partial charge in [0.05, 0.1) is 12.7 Å². The van der Waals surface area contributed by atoms with Crippen molar-refractivity contribution in [3.63, 3.8) is 0 Å². The zero-order valence-electron chi connectivity index (χ0n) is 21.6. The lowest BCUT2D eigenvalue weighted by Crippen LogP contribution is -2.33. The summed E-state index contributed by atoms with van der Waals surface area (Å²) in [5, 5.41) is 5.79. The molecule has 4 aromatic rings. The molecule has 0 fully saturated rings. The molecule has 38 heavy (non-hydrogen) atoms. The fraction of sp³-hybridized carbons (Fsp3) is 0.219. The number of fused-ring (bicyclic) bond motifs is 3. The van der Waals surface area contributed by atoms with Gasteiger partial charge in [-0.1, -0.05) is 50.2 Å². The Bertz CT molecular complexity index is 1620. The lowest BCUT2D eigenvalue weighted by Gasteiger charge is -2.40. The number of pyridine rings is 1. The van der Waals surface area contributed by atoms with Gasteiger partial charge < -0.3 is 14.8 Å². The van der Waals surface area contributed by atoms with E-state index in [1.807, 2.05) is 24.3 Å². The summed E-state index contributed by atoms with van der Waals surface area (Å²) >= 11 is 0. The van der Waals surface area contributed by atoms with Crippen molar-refractivity contribution >= 4 is 28.2 Å². The van der Waals surface area contributed by atoms with E-state index in [-0.39, 0.29) is 17.1 Å². The summed E-state index contributed by atoms with van der Waals surface area (Å²) < 4.78 is 11.3. The van der Waals surface area contributed by atoms with Crippen LogP contribution in [0.15, 0.2) is 90.4 Å². The van der Waals surface area contributed by atoms with Gasteiger partial charge in [0.1, 0.15) is 0 Å². The number of aromatic nitrogens is 1. The molecule has 0 bridgehead atoms. The number of methoxy groups -OCH3 is 1. The molecule has 1 aromatic heterocycles. The SMILES string of the molecule is COc1ccc(C2C3=C(CC(C)(C)CC3=O)Nc3ccc4ccccc4c32)cc1OC(=O)c1cccnc1. The highest BCUT2D eigenvalue weighted by atomic mass is 16.6. The number of hydrogen-bond donors (Lipinski definition) is 1. The highest BCUT2D eigenvalue weighted by Crippen LogP contribution is 2.51. The second kappa shape index (κ2) is 9.14. The van der Waals surface area contributed by atoms with Crippen molar-refractivity contribution in [2.75, 3.05) is 12.4 Å². The Labute approximate surface area is 221 Å². The molecule has 1 N–H and O–H groups in total. The zero-order chi connectivity index (χ0) is 26.4. The van der Waals surface area contributed by atoms with Gasteiger partial charge in [0.2, 0.25) is 0 Å². The summed E-state index contributed by atoms with van der Waals surface area (Å²) in [4.78, 5) is 30.7. The molecule has 0 amide bonds. The maximum Gasteiger partial charge on any atom is 0.345 e. The number of carbonyl (C=O) groups excluding carboxylic acids is 2. The molecule has 0 saturated heterocycles. The molecule has 3 aromatic carbocycles. The van der Waals surface area contributed by atoms with Crippen LogP contribution in [0.25, 0.3) is 10.8 Å². The number of hydrogen-bond acceptors (Lipinski definition) is 6. The largest absolute Gasteiger partial charge is 0.493 e. The van der Waals surface area contributed by atoms with E-state index in [2.05, 4.69) is 48.4 Å². The molecular formula is C32H28N2O4. The van der Waals surface area contributed by atoms with Crippen molar-refractivity contribution in [1.82, 2.24) is 4.98 Å². The van der Waals surface area contributed by atoms with Crippen LogP contribution >= 0.6 is 0 Å². The molecular weight excluding hydrogens is 476 g/mol.